The lowest BCUT2D eigenvalue weighted by Crippen LogP contribution is -2.32. The zero-order valence-electron chi connectivity index (χ0n) is 8.41. The Morgan fingerprint density at radius 2 is 2.25 bits per heavy atom. The highest BCUT2D eigenvalue weighted by Crippen LogP contribution is 2.19. The van der Waals surface area contributed by atoms with E-state index in [0.717, 1.165) is 11.8 Å². The van der Waals surface area contributed by atoms with Crippen molar-refractivity contribution in [3.05, 3.63) is 35.4 Å². The molecule has 86 valence electrons. The molecule has 0 bridgehead atoms. The predicted octanol–water partition coefficient (Wildman–Crippen LogP) is 2.28. The third-order valence-corrected chi connectivity index (χ3v) is 3.32. The van der Waals surface area contributed by atoms with Crippen molar-refractivity contribution >= 4 is 17.5 Å². The minimum Gasteiger partial charge on any atom is -0.368 e. The lowest BCUT2D eigenvalue weighted by atomic mass is 10.1. The first-order chi connectivity index (χ1) is 7.70. The van der Waals surface area contributed by atoms with Crippen LogP contribution in [0.1, 0.15) is 10.4 Å². The molecular formula is C11H10F2O2S. The number of ether oxygens (including phenoxy) is 1. The van der Waals surface area contributed by atoms with Gasteiger partial charge in [0.2, 0.25) is 0 Å². The fraction of sp³-hybridized carbons (Fsp3) is 0.364. The summed E-state index contributed by atoms with van der Waals surface area (Å²) in [5.41, 5.74) is -0.229. The van der Waals surface area contributed by atoms with Crippen molar-refractivity contribution in [2.75, 3.05) is 18.1 Å². The van der Waals surface area contributed by atoms with Gasteiger partial charge in [-0.25, -0.2) is 8.78 Å². The number of hydrogen-bond donors (Lipinski definition) is 0. The van der Waals surface area contributed by atoms with Crippen LogP contribution in [-0.2, 0) is 4.74 Å². The third-order valence-electron chi connectivity index (χ3n) is 2.33. The van der Waals surface area contributed by atoms with Crippen LogP contribution < -0.4 is 0 Å². The molecule has 1 aromatic rings. The standard InChI is InChI=1S/C11H10F2O2S/c12-8-3-1-2-7(10(8)13)11(14)9-6-16-5-4-15-9/h1-3,9H,4-6H2. The molecule has 1 saturated heterocycles. The molecule has 0 amide bonds. The molecule has 1 aromatic carbocycles. The summed E-state index contributed by atoms with van der Waals surface area (Å²) in [5.74, 6) is -1.25. The van der Waals surface area contributed by atoms with Gasteiger partial charge in [0.15, 0.2) is 17.4 Å². The summed E-state index contributed by atoms with van der Waals surface area (Å²) in [4.78, 5) is 11.8. The van der Waals surface area contributed by atoms with Crippen molar-refractivity contribution < 1.29 is 18.3 Å². The number of carbonyl (C=O) groups excluding carboxylic acids is 1. The van der Waals surface area contributed by atoms with Gasteiger partial charge in [0.05, 0.1) is 12.2 Å². The van der Waals surface area contributed by atoms with E-state index in [0.29, 0.717) is 12.4 Å². The van der Waals surface area contributed by atoms with E-state index >= 15 is 0 Å². The fourth-order valence-corrected chi connectivity index (χ4v) is 2.35. The van der Waals surface area contributed by atoms with Crippen molar-refractivity contribution in [1.29, 1.82) is 0 Å². The van der Waals surface area contributed by atoms with Crippen LogP contribution in [0.5, 0.6) is 0 Å². The first-order valence-electron chi connectivity index (χ1n) is 4.87. The second kappa shape index (κ2) is 4.93. The first-order valence-corrected chi connectivity index (χ1v) is 6.03. The lowest BCUT2D eigenvalue weighted by Gasteiger charge is -2.21. The summed E-state index contributed by atoms with van der Waals surface area (Å²) in [6.45, 7) is 0.470. The van der Waals surface area contributed by atoms with E-state index in [1.807, 2.05) is 0 Å². The zero-order chi connectivity index (χ0) is 11.5. The molecule has 5 heteroatoms. The Kier molecular flexibility index (Phi) is 3.56. The van der Waals surface area contributed by atoms with Gasteiger partial charge in [0.25, 0.3) is 0 Å². The first kappa shape index (κ1) is 11.5. The Hall–Kier alpha value is -0.940. The molecule has 0 aromatic heterocycles. The van der Waals surface area contributed by atoms with E-state index in [-0.39, 0.29) is 5.56 Å². The van der Waals surface area contributed by atoms with E-state index in [4.69, 9.17) is 4.74 Å². The van der Waals surface area contributed by atoms with Gasteiger partial charge in [0.1, 0.15) is 6.10 Å². The van der Waals surface area contributed by atoms with Crippen molar-refractivity contribution in [2.45, 2.75) is 6.10 Å². The van der Waals surface area contributed by atoms with Crippen LogP contribution in [0.3, 0.4) is 0 Å². The molecule has 0 aliphatic carbocycles. The van der Waals surface area contributed by atoms with Crippen molar-refractivity contribution in [2.24, 2.45) is 0 Å². The van der Waals surface area contributed by atoms with E-state index in [1.165, 1.54) is 12.1 Å². The summed E-state index contributed by atoms with van der Waals surface area (Å²) in [6, 6.07) is 3.59. The highest BCUT2D eigenvalue weighted by Gasteiger charge is 2.26. The van der Waals surface area contributed by atoms with Crippen LogP contribution in [0.4, 0.5) is 8.78 Å². The molecule has 0 radical (unpaired) electrons. The number of benzene rings is 1. The Morgan fingerprint density at radius 3 is 2.94 bits per heavy atom. The summed E-state index contributed by atoms with van der Waals surface area (Å²) in [6.07, 6.45) is -0.657. The molecule has 1 fully saturated rings. The lowest BCUT2D eigenvalue weighted by molar-refractivity contribution is 0.0514. The van der Waals surface area contributed by atoms with Gasteiger partial charge in [-0.3, -0.25) is 4.79 Å². The van der Waals surface area contributed by atoms with E-state index in [1.54, 1.807) is 11.8 Å². The SMILES string of the molecule is O=C(c1cccc(F)c1F)C1CSCCO1. The van der Waals surface area contributed by atoms with Crippen LogP contribution >= 0.6 is 11.8 Å². The average Bonchev–Trinajstić information content (AvgIpc) is 2.33. The summed E-state index contributed by atoms with van der Waals surface area (Å²) >= 11 is 1.57. The minimum absolute atomic E-state index is 0.229. The Balaban J connectivity index is 2.22. The van der Waals surface area contributed by atoms with E-state index in [2.05, 4.69) is 0 Å². The molecule has 0 spiro atoms. The van der Waals surface area contributed by atoms with Crippen LogP contribution in [0, 0.1) is 11.6 Å². The zero-order valence-corrected chi connectivity index (χ0v) is 9.23. The predicted molar refractivity (Wildman–Crippen MR) is 57.8 cm³/mol. The summed E-state index contributed by atoms with van der Waals surface area (Å²) in [5, 5.41) is 0. The van der Waals surface area contributed by atoms with Crippen molar-refractivity contribution in [3.8, 4) is 0 Å². The Bertz CT molecular complexity index is 403. The maximum Gasteiger partial charge on any atom is 0.195 e. The third kappa shape index (κ3) is 2.25. The van der Waals surface area contributed by atoms with Gasteiger partial charge in [0, 0.05) is 11.5 Å². The topological polar surface area (TPSA) is 26.3 Å². The maximum atomic E-state index is 13.3. The van der Waals surface area contributed by atoms with Crippen LogP contribution in [-0.4, -0.2) is 30.0 Å². The van der Waals surface area contributed by atoms with Crippen LogP contribution in [0.25, 0.3) is 0 Å². The van der Waals surface area contributed by atoms with Gasteiger partial charge in [-0.1, -0.05) is 6.07 Å². The second-order valence-corrected chi connectivity index (χ2v) is 4.55. The maximum absolute atomic E-state index is 13.3. The van der Waals surface area contributed by atoms with Gasteiger partial charge < -0.3 is 4.74 Å². The normalized spacial score (nSPS) is 20.8. The number of rotatable bonds is 2. The second-order valence-electron chi connectivity index (χ2n) is 3.40. The number of halogens is 2. The monoisotopic (exact) mass is 244 g/mol. The molecule has 0 N–H and O–H groups in total. The van der Waals surface area contributed by atoms with Crippen molar-refractivity contribution in [1.82, 2.24) is 0 Å². The molecule has 1 aliphatic heterocycles. The van der Waals surface area contributed by atoms with E-state index < -0.39 is 23.5 Å². The number of thioether (sulfide) groups is 1. The van der Waals surface area contributed by atoms with Gasteiger partial charge >= 0.3 is 0 Å². The molecule has 1 atom stereocenters. The highest BCUT2D eigenvalue weighted by atomic mass is 32.2. The molecule has 2 rings (SSSR count). The summed E-state index contributed by atoms with van der Waals surface area (Å²) in [7, 11) is 0. The van der Waals surface area contributed by atoms with Crippen LogP contribution in [0.2, 0.25) is 0 Å². The quantitative estimate of drug-likeness (QED) is 0.747. The average molecular weight is 244 g/mol. The van der Waals surface area contributed by atoms with E-state index in [9.17, 15) is 13.6 Å². The smallest absolute Gasteiger partial charge is 0.195 e. The molecule has 1 unspecified atom stereocenters. The number of hydrogen-bond acceptors (Lipinski definition) is 3. The van der Waals surface area contributed by atoms with Gasteiger partial charge in [-0.15, -0.1) is 0 Å². The highest BCUT2D eigenvalue weighted by molar-refractivity contribution is 7.99. The molecular weight excluding hydrogens is 234 g/mol. The molecule has 2 nitrogen and oxygen atoms in total. The molecule has 1 heterocycles. The number of carbonyl (C=O) groups is 1. The fourth-order valence-electron chi connectivity index (χ4n) is 1.51. The Labute approximate surface area is 96.0 Å². The van der Waals surface area contributed by atoms with Gasteiger partial charge in [-0.2, -0.15) is 11.8 Å². The number of Topliss-reactive ketones (excluding diaryl/α,β-unsaturated/α-hetero) is 1. The number of ketones is 1. The minimum atomic E-state index is -1.09. The summed E-state index contributed by atoms with van der Waals surface area (Å²) < 4.78 is 31.5. The molecule has 1 aliphatic rings. The van der Waals surface area contributed by atoms with Crippen LogP contribution in [0.15, 0.2) is 18.2 Å². The Morgan fingerprint density at radius 1 is 1.44 bits per heavy atom. The largest absolute Gasteiger partial charge is 0.368 e. The van der Waals surface area contributed by atoms with Gasteiger partial charge in [-0.05, 0) is 12.1 Å². The van der Waals surface area contributed by atoms with Crippen molar-refractivity contribution in [3.63, 3.8) is 0 Å². The molecule has 0 saturated carbocycles. The molecule has 16 heavy (non-hydrogen) atoms.